The summed E-state index contributed by atoms with van der Waals surface area (Å²) in [7, 11) is 1.54. The maximum atomic E-state index is 13.7. The highest BCUT2D eigenvalue weighted by Gasteiger charge is 2.38. The van der Waals surface area contributed by atoms with Crippen LogP contribution in [-0.2, 0) is 21.5 Å². The quantitative estimate of drug-likeness (QED) is 0.266. The SMILES string of the molecule is CCOc1cc2c(cc1C(=O)NC)C(=N)N(CC(=O)c1cc(N3CCCC3)c(OCC(=O)O)c(C(C)(C)C)c1)C2.O=C(O)C(F)(F)F. The first kappa shape index (κ1) is 36.6. The Morgan fingerprint density at radius 1 is 1.00 bits per heavy atom. The number of hydrogen-bond acceptors (Lipinski definition) is 8. The fourth-order valence-electron chi connectivity index (χ4n) is 5.22. The third-order valence-corrected chi connectivity index (χ3v) is 7.47. The number of alkyl halides is 3. The van der Waals surface area contributed by atoms with Gasteiger partial charge in [-0.1, -0.05) is 20.8 Å². The first-order chi connectivity index (χ1) is 21.9. The van der Waals surface area contributed by atoms with E-state index in [1.165, 1.54) is 0 Å². The average Bonchev–Trinajstić information content (AvgIpc) is 3.62. The highest BCUT2D eigenvalue weighted by Crippen LogP contribution is 2.42. The van der Waals surface area contributed by atoms with Crippen LogP contribution in [0.15, 0.2) is 24.3 Å². The Balaban J connectivity index is 0.000000771. The lowest BCUT2D eigenvalue weighted by molar-refractivity contribution is -0.192. The second-order valence-electron chi connectivity index (χ2n) is 11.9. The summed E-state index contributed by atoms with van der Waals surface area (Å²) in [5.41, 5.74) is 3.33. The van der Waals surface area contributed by atoms with E-state index in [0.717, 1.165) is 42.7 Å². The van der Waals surface area contributed by atoms with Crippen LogP contribution in [0.2, 0.25) is 0 Å². The molecule has 4 rings (SSSR count). The van der Waals surface area contributed by atoms with E-state index in [0.29, 0.717) is 41.3 Å². The predicted octanol–water partition coefficient (Wildman–Crippen LogP) is 4.46. The second kappa shape index (κ2) is 14.7. The van der Waals surface area contributed by atoms with E-state index in [1.54, 1.807) is 36.2 Å². The summed E-state index contributed by atoms with van der Waals surface area (Å²) in [4.78, 5) is 50.3. The standard InChI is InChI=1S/C30H38N4O6.C2HF3O2/c1-6-39-25-13-19-15-34(28(31)20(19)14-21(25)29(38)32-5)16-24(35)18-11-22(30(2,3)4)27(40-17-26(36)37)23(12-18)33-9-7-8-10-33;3-2(4,5)1(6)7/h11-14,31H,6-10,15-17H2,1-5H3,(H,32,38)(H,36,37);(H,6,7). The number of carbonyl (C=O) groups is 4. The van der Waals surface area contributed by atoms with E-state index >= 15 is 0 Å². The van der Waals surface area contributed by atoms with Gasteiger partial charge in [-0.05, 0) is 55.0 Å². The lowest BCUT2D eigenvalue weighted by atomic mass is 9.84. The van der Waals surface area contributed by atoms with Crippen LogP contribution in [0.4, 0.5) is 18.9 Å². The number of amides is 1. The molecule has 0 aliphatic carbocycles. The molecule has 1 amide bonds. The molecule has 2 aromatic carbocycles. The monoisotopic (exact) mass is 664 g/mol. The normalized spacial score (nSPS) is 14.3. The molecule has 1 saturated heterocycles. The number of carboxylic acids is 2. The topological polar surface area (TPSA) is 170 Å². The van der Waals surface area contributed by atoms with Crippen molar-refractivity contribution in [3.63, 3.8) is 0 Å². The minimum absolute atomic E-state index is 0.0227. The molecule has 4 N–H and O–H groups in total. The number of rotatable bonds is 10. The Morgan fingerprint density at radius 3 is 2.13 bits per heavy atom. The number of fused-ring (bicyclic) bond motifs is 1. The van der Waals surface area contributed by atoms with Gasteiger partial charge in [0.25, 0.3) is 5.91 Å². The molecule has 256 valence electrons. The molecule has 12 nitrogen and oxygen atoms in total. The molecule has 0 spiro atoms. The first-order valence-corrected chi connectivity index (χ1v) is 14.9. The molecule has 1 fully saturated rings. The maximum Gasteiger partial charge on any atom is 0.490 e. The molecular weight excluding hydrogens is 625 g/mol. The van der Waals surface area contributed by atoms with Crippen molar-refractivity contribution in [1.29, 1.82) is 5.41 Å². The van der Waals surface area contributed by atoms with Gasteiger partial charge in [0.1, 0.15) is 17.3 Å². The number of anilines is 1. The number of nitrogens with zero attached hydrogens (tertiary/aromatic N) is 2. The van der Waals surface area contributed by atoms with Crippen molar-refractivity contribution in [3.05, 3.63) is 52.1 Å². The zero-order chi connectivity index (χ0) is 35.3. The number of halogens is 3. The third kappa shape index (κ3) is 8.92. The Hall–Kier alpha value is -4.82. The van der Waals surface area contributed by atoms with Crippen LogP contribution in [0.3, 0.4) is 0 Å². The first-order valence-electron chi connectivity index (χ1n) is 14.9. The number of aliphatic carboxylic acids is 2. The maximum absolute atomic E-state index is 13.7. The van der Waals surface area contributed by atoms with Gasteiger partial charge in [-0.2, -0.15) is 13.2 Å². The van der Waals surface area contributed by atoms with Crippen molar-refractivity contribution in [1.82, 2.24) is 10.2 Å². The summed E-state index contributed by atoms with van der Waals surface area (Å²) < 4.78 is 43.3. The van der Waals surface area contributed by atoms with E-state index in [1.807, 2.05) is 27.7 Å². The van der Waals surface area contributed by atoms with Crippen LogP contribution >= 0.6 is 0 Å². The lowest BCUT2D eigenvalue weighted by Gasteiger charge is -2.29. The molecule has 2 aromatic rings. The number of carbonyl (C=O) groups excluding carboxylic acids is 2. The van der Waals surface area contributed by atoms with Crippen LogP contribution in [0.1, 0.15) is 77.9 Å². The molecular formula is C32H39F3N4O8. The van der Waals surface area contributed by atoms with Crippen molar-refractivity contribution in [2.45, 2.75) is 58.7 Å². The minimum Gasteiger partial charge on any atom is -0.493 e. The largest absolute Gasteiger partial charge is 0.493 e. The molecule has 47 heavy (non-hydrogen) atoms. The predicted molar refractivity (Wildman–Crippen MR) is 166 cm³/mol. The molecule has 0 atom stereocenters. The van der Waals surface area contributed by atoms with Crippen LogP contribution in [0.25, 0.3) is 0 Å². The summed E-state index contributed by atoms with van der Waals surface area (Å²) in [5.74, 6) is -3.16. The number of ketones is 1. The molecule has 2 aliphatic heterocycles. The van der Waals surface area contributed by atoms with Crippen LogP contribution < -0.4 is 19.7 Å². The summed E-state index contributed by atoms with van der Waals surface area (Å²) in [6.07, 6.45) is -3.07. The smallest absolute Gasteiger partial charge is 0.490 e. The van der Waals surface area contributed by atoms with Gasteiger partial charge in [-0.25, -0.2) is 9.59 Å². The zero-order valence-corrected chi connectivity index (χ0v) is 26.8. The number of amidine groups is 1. The van der Waals surface area contributed by atoms with Crippen molar-refractivity contribution in [2.75, 3.05) is 44.8 Å². The van der Waals surface area contributed by atoms with Crippen molar-refractivity contribution >= 4 is 35.2 Å². The summed E-state index contributed by atoms with van der Waals surface area (Å²) in [5, 5.41) is 27.8. The van der Waals surface area contributed by atoms with E-state index in [4.69, 9.17) is 24.8 Å². The highest BCUT2D eigenvalue weighted by molar-refractivity contribution is 6.08. The Morgan fingerprint density at radius 2 is 1.62 bits per heavy atom. The zero-order valence-electron chi connectivity index (χ0n) is 26.8. The number of ether oxygens (including phenoxy) is 2. The highest BCUT2D eigenvalue weighted by atomic mass is 19.4. The van der Waals surface area contributed by atoms with Gasteiger partial charge in [0, 0.05) is 43.4 Å². The van der Waals surface area contributed by atoms with Crippen LogP contribution in [-0.4, -0.2) is 90.6 Å². The summed E-state index contributed by atoms with van der Waals surface area (Å²) >= 11 is 0. The van der Waals surface area contributed by atoms with Crippen molar-refractivity contribution in [2.24, 2.45) is 0 Å². The molecule has 2 aliphatic rings. The van der Waals surface area contributed by atoms with Crippen LogP contribution in [0, 0.1) is 5.41 Å². The molecule has 0 radical (unpaired) electrons. The number of hydrogen-bond donors (Lipinski definition) is 4. The second-order valence-corrected chi connectivity index (χ2v) is 11.9. The Kier molecular flexibility index (Phi) is 11.5. The number of benzene rings is 2. The molecule has 0 aromatic heterocycles. The Labute approximate surface area is 269 Å². The number of Topliss-reactive ketones (excluding diaryl/α,β-unsaturated/α-hetero) is 1. The molecule has 0 unspecified atom stereocenters. The van der Waals surface area contributed by atoms with Gasteiger partial charge < -0.3 is 34.8 Å². The van der Waals surface area contributed by atoms with Gasteiger partial charge in [-0.3, -0.25) is 15.0 Å². The summed E-state index contributed by atoms with van der Waals surface area (Å²) in [6.45, 7) is 9.70. The van der Waals surface area contributed by atoms with E-state index < -0.39 is 30.1 Å². The molecule has 0 saturated carbocycles. The van der Waals surface area contributed by atoms with Gasteiger partial charge in [-0.15, -0.1) is 0 Å². The van der Waals surface area contributed by atoms with Crippen molar-refractivity contribution < 1.29 is 52.0 Å². The van der Waals surface area contributed by atoms with Gasteiger partial charge in [0.2, 0.25) is 0 Å². The van der Waals surface area contributed by atoms with E-state index in [9.17, 15) is 32.7 Å². The van der Waals surface area contributed by atoms with E-state index in [2.05, 4.69) is 10.2 Å². The fourth-order valence-corrected chi connectivity index (χ4v) is 5.22. The lowest BCUT2D eigenvalue weighted by Crippen LogP contribution is -2.31. The minimum atomic E-state index is -5.08. The number of nitrogens with one attached hydrogen (secondary N) is 2. The molecule has 15 heteroatoms. The molecule has 2 heterocycles. The third-order valence-electron chi connectivity index (χ3n) is 7.47. The fraction of sp³-hybridized carbons (Fsp3) is 0.469. The molecule has 0 bridgehead atoms. The average molecular weight is 665 g/mol. The van der Waals surface area contributed by atoms with Gasteiger partial charge in [0.05, 0.1) is 24.4 Å². The van der Waals surface area contributed by atoms with Gasteiger partial charge >= 0.3 is 18.1 Å². The van der Waals surface area contributed by atoms with E-state index in [-0.39, 0.29) is 24.1 Å². The Bertz CT molecular complexity index is 1550. The van der Waals surface area contributed by atoms with Gasteiger partial charge in [0.15, 0.2) is 12.4 Å². The summed E-state index contributed by atoms with van der Waals surface area (Å²) in [6, 6.07) is 7.02. The van der Waals surface area contributed by atoms with Crippen LogP contribution in [0.5, 0.6) is 11.5 Å². The number of carboxylic acid groups (broad SMARTS) is 2. The van der Waals surface area contributed by atoms with Crippen molar-refractivity contribution in [3.8, 4) is 11.5 Å².